The van der Waals surface area contributed by atoms with Gasteiger partial charge in [-0.2, -0.15) is 0 Å². The highest BCUT2D eigenvalue weighted by molar-refractivity contribution is 6.80. The standard InChI is InChI=1S/C22H32Si/c1-15-13-17-9-5-7-11-19(17)21(15)23(3,4)22-16(2)14-18-10-6-8-12-20(18)22/h5-12,15-22H,13-14H2,1-4H3/t15?,16?,17?,18?,19?,20?,21-,22?/m0/s1. The Labute approximate surface area is 143 Å². The molecule has 0 spiro atoms. The summed E-state index contributed by atoms with van der Waals surface area (Å²) >= 11 is 0. The monoisotopic (exact) mass is 324 g/mol. The molecule has 4 aliphatic rings. The zero-order valence-corrected chi connectivity index (χ0v) is 16.2. The summed E-state index contributed by atoms with van der Waals surface area (Å²) in [6.07, 6.45) is 22.1. The maximum atomic E-state index is 2.73. The molecule has 0 radical (unpaired) electrons. The number of hydrogen-bond acceptors (Lipinski definition) is 0. The second-order valence-corrected chi connectivity index (χ2v) is 14.3. The van der Waals surface area contributed by atoms with E-state index >= 15 is 0 Å². The van der Waals surface area contributed by atoms with E-state index in [0.717, 1.165) is 46.6 Å². The third-order valence-corrected chi connectivity index (χ3v) is 13.0. The van der Waals surface area contributed by atoms with Gasteiger partial charge in [-0.3, -0.25) is 0 Å². The topological polar surface area (TPSA) is 0 Å². The van der Waals surface area contributed by atoms with Crippen molar-refractivity contribution in [1.29, 1.82) is 0 Å². The fourth-order valence-corrected chi connectivity index (χ4v) is 13.5. The molecule has 0 nitrogen and oxygen atoms in total. The Balaban J connectivity index is 1.67. The van der Waals surface area contributed by atoms with Crippen molar-refractivity contribution >= 4 is 8.07 Å². The lowest BCUT2D eigenvalue weighted by atomic mass is 9.91. The fraction of sp³-hybridized carbons (Fsp3) is 0.636. The molecule has 0 saturated heterocycles. The molecule has 2 fully saturated rings. The van der Waals surface area contributed by atoms with Crippen LogP contribution in [0.4, 0.5) is 0 Å². The van der Waals surface area contributed by atoms with Crippen LogP contribution in [0.3, 0.4) is 0 Å². The average molecular weight is 325 g/mol. The van der Waals surface area contributed by atoms with Crippen molar-refractivity contribution in [2.75, 3.05) is 0 Å². The summed E-state index contributed by atoms with van der Waals surface area (Å²) in [6, 6.07) is 0. The predicted octanol–water partition coefficient (Wildman–Crippen LogP) is 6.23. The van der Waals surface area contributed by atoms with E-state index in [4.69, 9.17) is 0 Å². The lowest BCUT2D eigenvalue weighted by molar-refractivity contribution is 0.491. The normalized spacial score (nSPS) is 47.8. The van der Waals surface area contributed by atoms with Crippen molar-refractivity contribution in [3.05, 3.63) is 48.6 Å². The molecule has 8 atom stereocenters. The van der Waals surface area contributed by atoms with Crippen LogP contribution in [-0.4, -0.2) is 8.07 Å². The van der Waals surface area contributed by atoms with E-state index in [1.807, 2.05) is 0 Å². The summed E-state index contributed by atoms with van der Waals surface area (Å²) in [6.45, 7) is 10.6. The lowest BCUT2D eigenvalue weighted by Gasteiger charge is -2.45. The molecule has 0 aromatic rings. The van der Waals surface area contributed by atoms with E-state index in [1.54, 1.807) is 0 Å². The maximum absolute atomic E-state index is 2.73. The highest BCUT2D eigenvalue weighted by atomic mass is 28.3. The van der Waals surface area contributed by atoms with E-state index in [2.05, 4.69) is 75.5 Å². The van der Waals surface area contributed by atoms with Gasteiger partial charge in [0.05, 0.1) is 8.07 Å². The van der Waals surface area contributed by atoms with Gasteiger partial charge >= 0.3 is 0 Å². The molecule has 4 rings (SSSR count). The third-order valence-electron chi connectivity index (χ3n) is 7.66. The van der Waals surface area contributed by atoms with Crippen LogP contribution in [0.2, 0.25) is 24.2 Å². The van der Waals surface area contributed by atoms with Crippen molar-refractivity contribution < 1.29 is 0 Å². The van der Waals surface area contributed by atoms with E-state index in [-0.39, 0.29) is 0 Å². The van der Waals surface area contributed by atoms with E-state index < -0.39 is 8.07 Å². The second-order valence-electron chi connectivity index (χ2n) is 9.32. The number of rotatable bonds is 2. The molecule has 0 amide bonds. The first-order valence-corrected chi connectivity index (χ1v) is 12.9. The summed E-state index contributed by atoms with van der Waals surface area (Å²) < 4.78 is 0. The zero-order chi connectivity index (χ0) is 16.2. The van der Waals surface area contributed by atoms with Crippen LogP contribution in [0.5, 0.6) is 0 Å². The van der Waals surface area contributed by atoms with Gasteiger partial charge in [0.2, 0.25) is 0 Å². The number of fused-ring (bicyclic) bond motifs is 2. The van der Waals surface area contributed by atoms with Gasteiger partial charge < -0.3 is 0 Å². The van der Waals surface area contributed by atoms with Gasteiger partial charge in [0.25, 0.3) is 0 Å². The van der Waals surface area contributed by atoms with Crippen LogP contribution >= 0.6 is 0 Å². The Hall–Kier alpha value is -0.823. The molecule has 0 aromatic carbocycles. The second kappa shape index (κ2) is 5.62. The molecule has 0 heterocycles. The zero-order valence-electron chi connectivity index (χ0n) is 15.2. The van der Waals surface area contributed by atoms with Gasteiger partial charge in [0.1, 0.15) is 0 Å². The first-order valence-electron chi connectivity index (χ1n) is 9.70. The first kappa shape index (κ1) is 15.7. The summed E-state index contributed by atoms with van der Waals surface area (Å²) in [4.78, 5) is 0. The molecule has 0 N–H and O–H groups in total. The molecule has 0 bridgehead atoms. The van der Waals surface area contributed by atoms with Crippen molar-refractivity contribution in [2.24, 2.45) is 35.5 Å². The summed E-state index contributed by atoms with van der Waals surface area (Å²) in [5.41, 5.74) is 1.92. The Bertz CT molecular complexity index is 529. The lowest BCUT2D eigenvalue weighted by Crippen LogP contribution is -2.45. The van der Waals surface area contributed by atoms with Gasteiger partial charge in [-0.25, -0.2) is 0 Å². The van der Waals surface area contributed by atoms with Gasteiger partial charge in [-0.15, -0.1) is 0 Å². The van der Waals surface area contributed by atoms with Gasteiger partial charge in [-0.1, -0.05) is 75.5 Å². The summed E-state index contributed by atoms with van der Waals surface area (Å²) in [5, 5.41) is 0. The van der Waals surface area contributed by atoms with Gasteiger partial charge in [0.15, 0.2) is 0 Å². The molecular weight excluding hydrogens is 292 g/mol. The van der Waals surface area contributed by atoms with Crippen molar-refractivity contribution in [3.8, 4) is 0 Å². The van der Waals surface area contributed by atoms with Gasteiger partial charge in [0, 0.05) is 0 Å². The highest BCUT2D eigenvalue weighted by Gasteiger charge is 2.56. The maximum Gasteiger partial charge on any atom is 0.0553 e. The molecule has 23 heavy (non-hydrogen) atoms. The number of allylic oxidation sites excluding steroid dienone is 8. The minimum Gasteiger partial charge on any atom is -0.0808 e. The minimum atomic E-state index is -1.35. The van der Waals surface area contributed by atoms with Crippen molar-refractivity contribution in [1.82, 2.24) is 0 Å². The Morgan fingerprint density at radius 1 is 0.652 bits per heavy atom. The van der Waals surface area contributed by atoms with Gasteiger partial charge in [-0.05, 0) is 59.4 Å². The van der Waals surface area contributed by atoms with E-state index in [9.17, 15) is 0 Å². The number of hydrogen-bond donors (Lipinski definition) is 0. The average Bonchev–Trinajstić information content (AvgIpc) is 3.02. The van der Waals surface area contributed by atoms with Crippen LogP contribution in [0.15, 0.2) is 48.6 Å². The van der Waals surface area contributed by atoms with E-state index in [0.29, 0.717) is 0 Å². The van der Waals surface area contributed by atoms with Crippen LogP contribution < -0.4 is 0 Å². The van der Waals surface area contributed by atoms with Crippen LogP contribution in [0.25, 0.3) is 0 Å². The molecular formula is C22H32Si. The van der Waals surface area contributed by atoms with Crippen molar-refractivity contribution in [3.63, 3.8) is 0 Å². The Morgan fingerprint density at radius 2 is 1.04 bits per heavy atom. The first-order chi connectivity index (χ1) is 11.0. The molecule has 124 valence electrons. The molecule has 7 unspecified atom stereocenters. The molecule has 1 heteroatoms. The fourth-order valence-electron chi connectivity index (χ4n) is 7.18. The van der Waals surface area contributed by atoms with Crippen LogP contribution in [0, 0.1) is 35.5 Å². The quantitative estimate of drug-likeness (QED) is 0.528. The van der Waals surface area contributed by atoms with Crippen LogP contribution in [0.1, 0.15) is 26.7 Å². The largest absolute Gasteiger partial charge is 0.0808 e. The SMILES string of the molecule is CC1CC2C=CC=CC2C1[Si](C)(C)[C@H]1C(C)CC2C=CC=CC21. The smallest absolute Gasteiger partial charge is 0.0553 e. The highest BCUT2D eigenvalue weighted by Crippen LogP contribution is 2.62. The third kappa shape index (κ3) is 2.38. The molecule has 4 aliphatic carbocycles. The predicted molar refractivity (Wildman–Crippen MR) is 103 cm³/mol. The van der Waals surface area contributed by atoms with E-state index in [1.165, 1.54) is 12.8 Å². The van der Waals surface area contributed by atoms with Crippen molar-refractivity contribution in [2.45, 2.75) is 50.9 Å². The Kier molecular flexibility index (Phi) is 3.83. The minimum absolute atomic E-state index is 0.820. The molecule has 0 aromatic heterocycles. The molecule has 2 saturated carbocycles. The summed E-state index contributed by atoms with van der Waals surface area (Å²) in [5.74, 6) is 5.08. The van der Waals surface area contributed by atoms with Crippen LogP contribution in [-0.2, 0) is 0 Å². The molecule has 0 aliphatic heterocycles. The summed E-state index contributed by atoms with van der Waals surface area (Å²) in [7, 11) is -1.35. The Morgan fingerprint density at radius 3 is 1.48 bits per heavy atom.